The first-order valence-corrected chi connectivity index (χ1v) is 12.0. The fourth-order valence-electron chi connectivity index (χ4n) is 3.83. The molecule has 2 amide bonds. The van der Waals surface area contributed by atoms with Gasteiger partial charge < -0.3 is 24.4 Å². The fraction of sp³-hybridized carbons (Fsp3) is 0.692. The molecule has 0 aromatic heterocycles. The largest absolute Gasteiger partial charge is 0.444 e. The Morgan fingerprint density at radius 3 is 2.06 bits per heavy atom. The van der Waals surface area contributed by atoms with Gasteiger partial charge in [-0.15, -0.1) is 0 Å². The zero-order valence-corrected chi connectivity index (χ0v) is 21.8. The first-order valence-electron chi connectivity index (χ1n) is 12.0. The van der Waals surface area contributed by atoms with Crippen molar-refractivity contribution in [2.75, 3.05) is 26.7 Å². The van der Waals surface area contributed by atoms with Crippen molar-refractivity contribution in [1.29, 1.82) is 0 Å². The second-order valence-corrected chi connectivity index (χ2v) is 10.1. The van der Waals surface area contributed by atoms with Gasteiger partial charge in [-0.1, -0.05) is 44.2 Å². The number of carbonyl (C=O) groups excluding carboxylic acids is 2. The third-order valence-corrected chi connectivity index (χ3v) is 5.22. The van der Waals surface area contributed by atoms with E-state index in [0.29, 0.717) is 19.4 Å². The van der Waals surface area contributed by atoms with E-state index in [-0.39, 0.29) is 17.8 Å². The van der Waals surface area contributed by atoms with Crippen molar-refractivity contribution in [1.82, 2.24) is 9.80 Å². The zero-order chi connectivity index (χ0) is 25.3. The monoisotopic (exact) mass is 464 g/mol. The number of aliphatic hydroxyl groups is 1. The number of rotatable bonds is 3. The number of benzene rings is 1. The third kappa shape index (κ3) is 9.62. The minimum atomic E-state index is -0.897. The van der Waals surface area contributed by atoms with Crippen molar-refractivity contribution < 1.29 is 24.2 Å². The Hall–Kier alpha value is -2.28. The number of ether oxygens (including phenoxy) is 2. The maximum atomic E-state index is 11.9. The predicted molar refractivity (Wildman–Crippen MR) is 131 cm³/mol. The van der Waals surface area contributed by atoms with Crippen LogP contribution in [0, 0.1) is 0 Å². The molecular formula is C26H44N2O5. The van der Waals surface area contributed by atoms with Gasteiger partial charge in [-0.2, -0.15) is 0 Å². The van der Waals surface area contributed by atoms with Gasteiger partial charge in [0.2, 0.25) is 0 Å². The van der Waals surface area contributed by atoms with E-state index in [1.807, 2.05) is 65.0 Å². The van der Waals surface area contributed by atoms with Crippen LogP contribution in [0.5, 0.6) is 0 Å². The summed E-state index contributed by atoms with van der Waals surface area (Å²) in [5.74, 6) is 0. The molecule has 3 rings (SSSR count). The Kier molecular flexibility index (Phi) is 10.7. The molecule has 2 saturated heterocycles. The van der Waals surface area contributed by atoms with Gasteiger partial charge in [0, 0.05) is 39.5 Å². The van der Waals surface area contributed by atoms with Crippen LogP contribution < -0.4 is 0 Å². The molecule has 0 bridgehead atoms. The van der Waals surface area contributed by atoms with Crippen molar-refractivity contribution in [3.8, 4) is 0 Å². The molecule has 1 N–H and O–H groups in total. The lowest BCUT2D eigenvalue weighted by Gasteiger charge is -2.43. The summed E-state index contributed by atoms with van der Waals surface area (Å²) in [7, 11) is 1.72. The van der Waals surface area contributed by atoms with E-state index >= 15 is 0 Å². The molecule has 33 heavy (non-hydrogen) atoms. The lowest BCUT2D eigenvalue weighted by atomic mass is 9.80. The van der Waals surface area contributed by atoms with Gasteiger partial charge in [0.05, 0.1) is 5.60 Å². The summed E-state index contributed by atoms with van der Waals surface area (Å²) in [6, 6.07) is 9.67. The number of nitrogens with zero attached hydrogens (tertiary/aromatic N) is 2. The summed E-state index contributed by atoms with van der Waals surface area (Å²) in [5, 5.41) is 10.1. The standard InChI is InChI=1S/C15H21NO3.C9H17NO2.C2H6/c1-14(2,18)11-15(12-7-5-4-6-8-12)9-10-16(3)13(17)19-15;1-9(2,3)12-8(11)10-6-4-5-7-10;1-2/h4-8,18H,9-11H2,1-3H3;4-7H2,1-3H3;1-2H3. The molecule has 1 aromatic rings. The maximum Gasteiger partial charge on any atom is 0.410 e. The third-order valence-electron chi connectivity index (χ3n) is 5.22. The van der Waals surface area contributed by atoms with Crippen LogP contribution in [0.4, 0.5) is 9.59 Å². The summed E-state index contributed by atoms with van der Waals surface area (Å²) < 4.78 is 10.9. The Morgan fingerprint density at radius 1 is 1.06 bits per heavy atom. The minimum absolute atomic E-state index is 0.167. The van der Waals surface area contributed by atoms with Crippen LogP contribution in [-0.2, 0) is 15.1 Å². The molecule has 7 nitrogen and oxygen atoms in total. The van der Waals surface area contributed by atoms with Crippen LogP contribution in [0.3, 0.4) is 0 Å². The van der Waals surface area contributed by atoms with E-state index < -0.39 is 11.2 Å². The second kappa shape index (κ2) is 12.3. The van der Waals surface area contributed by atoms with Crippen LogP contribution in [0.25, 0.3) is 0 Å². The number of likely N-dealkylation sites (tertiary alicyclic amines) is 1. The van der Waals surface area contributed by atoms with E-state index in [2.05, 4.69) is 0 Å². The van der Waals surface area contributed by atoms with Gasteiger partial charge in [-0.05, 0) is 53.0 Å². The lowest BCUT2D eigenvalue weighted by Crippen LogP contribution is -2.49. The fourth-order valence-corrected chi connectivity index (χ4v) is 3.83. The summed E-state index contributed by atoms with van der Waals surface area (Å²) in [6.45, 7) is 15.5. The highest BCUT2D eigenvalue weighted by Crippen LogP contribution is 2.40. The SMILES string of the molecule is CC.CC(C)(C)OC(=O)N1CCCC1.CN1CCC(CC(C)(C)O)(c2ccccc2)OC1=O. The Balaban J connectivity index is 0.000000335. The smallest absolute Gasteiger partial charge is 0.410 e. The summed E-state index contributed by atoms with van der Waals surface area (Å²) in [5.41, 5.74) is -1.05. The Labute approximate surface area is 200 Å². The molecule has 2 aliphatic rings. The van der Waals surface area contributed by atoms with Gasteiger partial charge in [-0.3, -0.25) is 0 Å². The van der Waals surface area contributed by atoms with Gasteiger partial charge in [0.25, 0.3) is 0 Å². The van der Waals surface area contributed by atoms with Crippen molar-refractivity contribution in [2.24, 2.45) is 0 Å². The van der Waals surface area contributed by atoms with Gasteiger partial charge in [0.15, 0.2) is 0 Å². The Morgan fingerprint density at radius 2 is 1.61 bits per heavy atom. The van der Waals surface area contributed by atoms with Crippen LogP contribution in [0.2, 0.25) is 0 Å². The molecule has 188 valence electrons. The van der Waals surface area contributed by atoms with E-state index in [0.717, 1.165) is 31.5 Å². The van der Waals surface area contributed by atoms with Crippen molar-refractivity contribution >= 4 is 12.2 Å². The average molecular weight is 465 g/mol. The molecule has 2 aliphatic heterocycles. The number of hydrogen-bond donors (Lipinski definition) is 1. The molecule has 2 heterocycles. The van der Waals surface area contributed by atoms with Crippen LogP contribution in [0.15, 0.2) is 30.3 Å². The lowest BCUT2D eigenvalue weighted by molar-refractivity contribution is -0.0930. The summed E-state index contributed by atoms with van der Waals surface area (Å²) >= 11 is 0. The molecule has 7 heteroatoms. The maximum absolute atomic E-state index is 11.9. The summed E-state index contributed by atoms with van der Waals surface area (Å²) in [6.07, 6.45) is 2.80. The highest BCUT2D eigenvalue weighted by atomic mass is 16.6. The molecule has 2 fully saturated rings. The van der Waals surface area contributed by atoms with Gasteiger partial charge in [0.1, 0.15) is 11.2 Å². The molecule has 1 atom stereocenters. The highest BCUT2D eigenvalue weighted by Gasteiger charge is 2.44. The average Bonchev–Trinajstić information content (AvgIpc) is 3.26. The van der Waals surface area contributed by atoms with Crippen LogP contribution in [0.1, 0.15) is 79.7 Å². The first-order chi connectivity index (χ1) is 15.3. The number of amides is 2. The second-order valence-electron chi connectivity index (χ2n) is 10.1. The molecule has 0 aliphatic carbocycles. The highest BCUT2D eigenvalue weighted by molar-refractivity contribution is 5.69. The van der Waals surface area contributed by atoms with Gasteiger partial charge >= 0.3 is 12.2 Å². The van der Waals surface area contributed by atoms with E-state index in [1.165, 1.54) is 0 Å². The number of carbonyl (C=O) groups is 2. The quantitative estimate of drug-likeness (QED) is 0.634. The number of cyclic esters (lactones) is 1. The van der Waals surface area contributed by atoms with Gasteiger partial charge in [-0.25, -0.2) is 9.59 Å². The zero-order valence-electron chi connectivity index (χ0n) is 21.8. The number of hydrogen-bond acceptors (Lipinski definition) is 5. The molecule has 1 aromatic carbocycles. The molecule has 1 unspecified atom stereocenters. The molecule has 0 radical (unpaired) electrons. The normalized spacial score (nSPS) is 20.7. The molecule has 0 spiro atoms. The van der Waals surface area contributed by atoms with Crippen LogP contribution >= 0.6 is 0 Å². The predicted octanol–water partition coefficient (Wildman–Crippen LogP) is 5.56. The Bertz CT molecular complexity index is 733. The molecule has 0 saturated carbocycles. The van der Waals surface area contributed by atoms with E-state index in [4.69, 9.17) is 9.47 Å². The summed E-state index contributed by atoms with van der Waals surface area (Å²) in [4.78, 5) is 26.6. The minimum Gasteiger partial charge on any atom is -0.444 e. The van der Waals surface area contributed by atoms with Crippen molar-refractivity contribution in [3.05, 3.63) is 35.9 Å². The topological polar surface area (TPSA) is 79.3 Å². The molecular weight excluding hydrogens is 420 g/mol. The van der Waals surface area contributed by atoms with Crippen molar-refractivity contribution in [2.45, 2.75) is 91.0 Å². The first kappa shape index (κ1) is 28.8. The van der Waals surface area contributed by atoms with E-state index in [9.17, 15) is 14.7 Å². The van der Waals surface area contributed by atoms with Crippen LogP contribution in [-0.4, -0.2) is 65.0 Å². The van der Waals surface area contributed by atoms with E-state index in [1.54, 1.807) is 30.7 Å². The van der Waals surface area contributed by atoms with Crippen molar-refractivity contribution in [3.63, 3.8) is 0 Å².